The van der Waals surface area contributed by atoms with Crippen molar-refractivity contribution in [3.05, 3.63) is 58.6 Å². The van der Waals surface area contributed by atoms with Crippen LogP contribution in [0.15, 0.2) is 53.0 Å². The number of methoxy groups -OCH3 is 1. The Labute approximate surface area is 162 Å². The van der Waals surface area contributed by atoms with E-state index in [9.17, 15) is 5.11 Å². The Morgan fingerprint density at radius 3 is 2.46 bits per heavy atom. The lowest BCUT2D eigenvalue weighted by Gasteiger charge is -2.29. The second-order valence-electron chi connectivity index (χ2n) is 7.01. The van der Waals surface area contributed by atoms with Gasteiger partial charge in [0.1, 0.15) is 11.4 Å². The van der Waals surface area contributed by atoms with Gasteiger partial charge in [0, 0.05) is 16.5 Å². The number of hydrogen-bond donors (Lipinski definition) is 1. The minimum absolute atomic E-state index is 0.588. The van der Waals surface area contributed by atoms with Crippen molar-refractivity contribution in [1.29, 1.82) is 0 Å². The van der Waals surface area contributed by atoms with Gasteiger partial charge < -0.3 is 9.84 Å². The average molecular weight is 416 g/mol. The Morgan fingerprint density at radius 1 is 1.04 bits per heavy atom. The molecule has 1 unspecified atom stereocenters. The van der Waals surface area contributed by atoms with E-state index in [-0.39, 0.29) is 0 Å². The molecular weight excluding hydrogens is 392 g/mol. The summed E-state index contributed by atoms with van der Waals surface area (Å²) < 4.78 is 8.68. The van der Waals surface area contributed by atoms with E-state index >= 15 is 0 Å². The summed E-state index contributed by atoms with van der Waals surface area (Å²) in [5, 5.41) is 11.8. The smallest absolute Gasteiger partial charge is 0.275 e. The molecule has 2 aromatic carbocycles. The molecule has 2 aliphatic rings. The van der Waals surface area contributed by atoms with E-state index in [2.05, 4.69) is 37.5 Å². The average Bonchev–Trinajstić information content (AvgIpc) is 2.80. The molecule has 2 aromatic rings. The van der Waals surface area contributed by atoms with Crippen LogP contribution in [0.2, 0.25) is 0 Å². The molecule has 5 heteroatoms. The first kappa shape index (κ1) is 17.6. The second-order valence-corrected chi connectivity index (χ2v) is 7.92. The largest absolute Gasteiger partial charge is 0.497 e. The lowest BCUT2D eigenvalue weighted by atomic mass is 9.99. The Bertz CT molecular complexity index is 817. The molecule has 0 saturated heterocycles. The normalized spacial score (nSPS) is 23.0. The molecule has 0 radical (unpaired) electrons. The number of amidine groups is 1. The van der Waals surface area contributed by atoms with Crippen LogP contribution in [0.25, 0.3) is 0 Å². The van der Waals surface area contributed by atoms with Crippen LogP contribution in [0.3, 0.4) is 0 Å². The molecule has 0 saturated carbocycles. The van der Waals surface area contributed by atoms with E-state index in [0.717, 1.165) is 40.9 Å². The van der Waals surface area contributed by atoms with E-state index in [4.69, 9.17) is 4.74 Å². The third-order valence-electron chi connectivity index (χ3n) is 5.37. The van der Waals surface area contributed by atoms with Crippen LogP contribution in [0.4, 0.5) is 5.69 Å². The molecule has 136 valence electrons. The molecule has 0 fully saturated rings. The van der Waals surface area contributed by atoms with Gasteiger partial charge in [-0.3, -0.25) is 4.58 Å². The molecule has 1 atom stereocenters. The van der Waals surface area contributed by atoms with Gasteiger partial charge in [0.2, 0.25) is 0 Å². The zero-order chi connectivity index (χ0) is 18.1. The van der Waals surface area contributed by atoms with Crippen molar-refractivity contribution in [2.75, 3.05) is 25.1 Å². The summed E-state index contributed by atoms with van der Waals surface area (Å²) in [6, 6.07) is 16.0. The topological polar surface area (TPSA) is 35.7 Å². The summed E-state index contributed by atoms with van der Waals surface area (Å²) in [5.41, 5.74) is 0.833. The molecule has 0 bridgehead atoms. The summed E-state index contributed by atoms with van der Waals surface area (Å²) in [5.74, 6) is 2.02. The van der Waals surface area contributed by atoms with Crippen LogP contribution in [0, 0.1) is 0 Å². The van der Waals surface area contributed by atoms with E-state index in [0.29, 0.717) is 6.54 Å². The van der Waals surface area contributed by atoms with Gasteiger partial charge in [0.05, 0.1) is 13.7 Å². The van der Waals surface area contributed by atoms with Gasteiger partial charge in [-0.15, -0.1) is 0 Å². The number of rotatable bonds is 3. The SMILES string of the molecule is COc1ccc(C2(O)C[N+]3=C(CCCCC3)N2c2ccc(Br)cc2)cc1. The van der Waals surface area contributed by atoms with Crippen LogP contribution >= 0.6 is 15.9 Å². The maximum Gasteiger partial charge on any atom is 0.275 e. The summed E-state index contributed by atoms with van der Waals surface area (Å²) in [6.45, 7) is 1.59. The summed E-state index contributed by atoms with van der Waals surface area (Å²) in [7, 11) is 1.66. The number of hydrogen-bond acceptors (Lipinski definition) is 3. The zero-order valence-corrected chi connectivity index (χ0v) is 16.6. The monoisotopic (exact) mass is 415 g/mol. The van der Waals surface area contributed by atoms with Gasteiger partial charge in [-0.2, -0.15) is 4.90 Å². The van der Waals surface area contributed by atoms with Crippen molar-refractivity contribution < 1.29 is 14.4 Å². The molecule has 4 nitrogen and oxygen atoms in total. The van der Waals surface area contributed by atoms with Gasteiger partial charge in [-0.05, 0) is 67.8 Å². The summed E-state index contributed by atoms with van der Waals surface area (Å²) in [4.78, 5) is 2.13. The predicted molar refractivity (Wildman–Crippen MR) is 107 cm³/mol. The number of benzene rings is 2. The molecule has 0 aliphatic carbocycles. The van der Waals surface area contributed by atoms with Crippen molar-refractivity contribution >= 4 is 27.5 Å². The molecule has 4 rings (SSSR count). The first-order chi connectivity index (χ1) is 12.6. The quantitative estimate of drug-likeness (QED) is 0.766. The van der Waals surface area contributed by atoms with Crippen molar-refractivity contribution in [1.82, 2.24) is 0 Å². The number of aliphatic hydroxyl groups is 1. The highest BCUT2D eigenvalue weighted by Crippen LogP contribution is 2.38. The molecule has 2 aliphatic heterocycles. The second kappa shape index (κ2) is 7.05. The highest BCUT2D eigenvalue weighted by atomic mass is 79.9. The van der Waals surface area contributed by atoms with Crippen molar-refractivity contribution in [2.45, 2.75) is 31.4 Å². The van der Waals surface area contributed by atoms with Crippen LogP contribution < -0.4 is 9.64 Å². The zero-order valence-electron chi connectivity index (χ0n) is 15.0. The maximum atomic E-state index is 11.8. The molecule has 0 aromatic heterocycles. The molecule has 0 amide bonds. The van der Waals surface area contributed by atoms with Gasteiger partial charge in [0.25, 0.3) is 11.6 Å². The summed E-state index contributed by atoms with van der Waals surface area (Å²) >= 11 is 3.51. The van der Waals surface area contributed by atoms with E-state index < -0.39 is 5.72 Å². The molecule has 0 spiro atoms. The fourth-order valence-electron chi connectivity index (χ4n) is 4.05. The first-order valence-electron chi connectivity index (χ1n) is 9.15. The molecular formula is C21H24BrN2O2+. The number of anilines is 1. The predicted octanol–water partition coefficient (Wildman–Crippen LogP) is 4.11. The Kier molecular flexibility index (Phi) is 4.76. The van der Waals surface area contributed by atoms with E-state index in [1.165, 1.54) is 18.7 Å². The van der Waals surface area contributed by atoms with Crippen molar-refractivity contribution in [2.24, 2.45) is 0 Å². The van der Waals surface area contributed by atoms with Crippen LogP contribution in [0.1, 0.15) is 31.2 Å². The molecule has 26 heavy (non-hydrogen) atoms. The van der Waals surface area contributed by atoms with Crippen LogP contribution in [-0.4, -0.2) is 35.7 Å². The molecule has 1 N–H and O–H groups in total. The third kappa shape index (κ3) is 3.03. The van der Waals surface area contributed by atoms with Crippen molar-refractivity contribution in [3.8, 4) is 5.75 Å². The lowest BCUT2D eigenvalue weighted by molar-refractivity contribution is -0.534. The third-order valence-corrected chi connectivity index (χ3v) is 5.90. The minimum Gasteiger partial charge on any atom is -0.497 e. The Hall–Kier alpha value is -1.85. The van der Waals surface area contributed by atoms with Crippen LogP contribution in [-0.2, 0) is 5.72 Å². The standard InChI is InChI=1S/C21H24BrN2O2/c1-26-19-12-6-16(7-13-19)21(25)15-23-14-4-2-3-5-20(23)24(21)18-10-8-17(22)9-11-18/h6-13,25H,2-5,14-15H2,1H3/q+1. The lowest BCUT2D eigenvalue weighted by Crippen LogP contribution is -2.47. The number of ether oxygens (including phenoxy) is 1. The van der Waals surface area contributed by atoms with Gasteiger partial charge in [-0.1, -0.05) is 15.9 Å². The highest BCUT2D eigenvalue weighted by molar-refractivity contribution is 9.10. The Balaban J connectivity index is 1.80. The fourth-order valence-corrected chi connectivity index (χ4v) is 4.32. The van der Waals surface area contributed by atoms with Gasteiger partial charge >= 0.3 is 0 Å². The highest BCUT2D eigenvalue weighted by Gasteiger charge is 2.53. The van der Waals surface area contributed by atoms with E-state index in [1.54, 1.807) is 7.11 Å². The van der Waals surface area contributed by atoms with E-state index in [1.807, 2.05) is 36.4 Å². The van der Waals surface area contributed by atoms with Gasteiger partial charge in [0.15, 0.2) is 6.54 Å². The first-order valence-corrected chi connectivity index (χ1v) is 9.94. The maximum absolute atomic E-state index is 11.8. The minimum atomic E-state index is -1.08. The van der Waals surface area contributed by atoms with Crippen LogP contribution in [0.5, 0.6) is 5.75 Å². The van der Waals surface area contributed by atoms with Gasteiger partial charge in [-0.25, -0.2) is 0 Å². The number of nitrogens with zero attached hydrogens (tertiary/aromatic N) is 2. The summed E-state index contributed by atoms with van der Waals surface area (Å²) in [6.07, 6.45) is 4.58. The fraction of sp³-hybridized carbons (Fsp3) is 0.381. The van der Waals surface area contributed by atoms with Crippen molar-refractivity contribution in [3.63, 3.8) is 0 Å². The Morgan fingerprint density at radius 2 is 1.77 bits per heavy atom. The number of halogens is 1. The molecule has 2 heterocycles.